The fourth-order valence-electron chi connectivity index (χ4n) is 0.666. The molecule has 0 spiro atoms. The van der Waals surface area contributed by atoms with E-state index in [2.05, 4.69) is 10.1 Å². The predicted molar refractivity (Wildman–Crippen MR) is 40.9 cm³/mol. The zero-order chi connectivity index (χ0) is 9.84. The van der Waals surface area contributed by atoms with Gasteiger partial charge in [0.25, 0.3) is 5.89 Å². The maximum atomic E-state index is 10.3. The van der Waals surface area contributed by atoms with E-state index in [1.807, 2.05) is 0 Å². The minimum Gasteiger partial charge on any atom is -0.479 e. The Kier molecular flexibility index (Phi) is 2.97. The molecule has 1 N–H and O–H groups in total. The van der Waals surface area contributed by atoms with Crippen LogP contribution in [-0.4, -0.2) is 27.3 Å². The second kappa shape index (κ2) is 3.99. The van der Waals surface area contributed by atoms with Crippen LogP contribution in [0.1, 0.15) is 18.6 Å². The maximum absolute atomic E-state index is 10.3. The summed E-state index contributed by atoms with van der Waals surface area (Å²) in [5.74, 6) is -0.233. The highest BCUT2D eigenvalue weighted by Gasteiger charge is 2.12. The molecule has 13 heavy (non-hydrogen) atoms. The molecule has 1 aromatic heterocycles. The molecule has 0 amide bonds. The highest BCUT2D eigenvalue weighted by molar-refractivity contribution is 5.71. The largest absolute Gasteiger partial charge is 0.479 e. The quantitative estimate of drug-likeness (QED) is 0.731. The monoisotopic (exact) mass is 186 g/mol. The molecule has 0 saturated carbocycles. The van der Waals surface area contributed by atoms with Gasteiger partial charge in [-0.15, -0.1) is 0 Å². The number of aryl methyl sites for hydroxylation is 1. The summed E-state index contributed by atoms with van der Waals surface area (Å²) in [5, 5.41) is 12.0. The van der Waals surface area contributed by atoms with Gasteiger partial charge in [-0.1, -0.05) is 5.16 Å². The Morgan fingerprint density at radius 3 is 2.92 bits per heavy atom. The van der Waals surface area contributed by atoms with E-state index in [0.29, 0.717) is 5.82 Å². The second-order valence-electron chi connectivity index (χ2n) is 2.53. The van der Waals surface area contributed by atoms with Crippen LogP contribution in [0.15, 0.2) is 4.52 Å². The molecule has 0 aliphatic rings. The highest BCUT2D eigenvalue weighted by atomic mass is 16.5. The van der Waals surface area contributed by atoms with Gasteiger partial charge in [0.2, 0.25) is 0 Å². The molecule has 6 nitrogen and oxygen atoms in total. The van der Waals surface area contributed by atoms with Gasteiger partial charge in [0, 0.05) is 0 Å². The summed E-state index contributed by atoms with van der Waals surface area (Å²) < 4.78 is 9.62. The lowest BCUT2D eigenvalue weighted by atomic mass is 10.4. The van der Waals surface area contributed by atoms with Crippen LogP contribution in [-0.2, 0) is 16.1 Å². The normalized spacial score (nSPS) is 12.8. The summed E-state index contributed by atoms with van der Waals surface area (Å²) in [4.78, 5) is 14.2. The lowest BCUT2D eigenvalue weighted by molar-refractivity contribution is -0.150. The summed E-state index contributed by atoms with van der Waals surface area (Å²) in [6.45, 7) is 3.13. The molecule has 6 heteroatoms. The molecule has 1 unspecified atom stereocenters. The van der Waals surface area contributed by atoms with Gasteiger partial charge in [-0.3, -0.25) is 0 Å². The Morgan fingerprint density at radius 2 is 2.46 bits per heavy atom. The third kappa shape index (κ3) is 2.83. The average Bonchev–Trinajstić information content (AvgIpc) is 2.47. The molecule has 0 aliphatic heterocycles. The van der Waals surface area contributed by atoms with Crippen molar-refractivity contribution >= 4 is 5.97 Å². The van der Waals surface area contributed by atoms with Crippen LogP contribution in [0.5, 0.6) is 0 Å². The fourth-order valence-corrected chi connectivity index (χ4v) is 0.666. The van der Waals surface area contributed by atoms with Crippen LogP contribution >= 0.6 is 0 Å². The number of aromatic nitrogens is 2. The average molecular weight is 186 g/mol. The van der Waals surface area contributed by atoms with Crippen molar-refractivity contribution < 1.29 is 19.2 Å². The maximum Gasteiger partial charge on any atom is 0.332 e. The first-order valence-corrected chi connectivity index (χ1v) is 3.73. The smallest absolute Gasteiger partial charge is 0.332 e. The highest BCUT2D eigenvalue weighted by Crippen LogP contribution is 2.00. The predicted octanol–water partition coefficient (Wildman–Crippen LogP) is 0.368. The standard InChI is InChI=1S/C7H10N2O4/c1-4(7(10)11)12-3-6-8-5(2)9-13-6/h4H,3H2,1-2H3,(H,10,11). The number of aliphatic carboxylic acids is 1. The van der Waals surface area contributed by atoms with Crippen molar-refractivity contribution in [2.24, 2.45) is 0 Å². The van der Waals surface area contributed by atoms with Crippen molar-refractivity contribution in [3.05, 3.63) is 11.7 Å². The summed E-state index contributed by atoms with van der Waals surface area (Å²) in [6.07, 6.45) is -0.868. The number of rotatable bonds is 4. The Morgan fingerprint density at radius 1 is 1.77 bits per heavy atom. The molecule has 72 valence electrons. The van der Waals surface area contributed by atoms with E-state index in [0.717, 1.165) is 0 Å². The van der Waals surface area contributed by atoms with Crippen LogP contribution < -0.4 is 0 Å². The SMILES string of the molecule is Cc1noc(COC(C)C(=O)O)n1. The Labute approximate surface area is 74.5 Å². The van der Waals surface area contributed by atoms with E-state index in [1.165, 1.54) is 6.92 Å². The van der Waals surface area contributed by atoms with Gasteiger partial charge in [-0.05, 0) is 13.8 Å². The molecular weight excluding hydrogens is 176 g/mol. The van der Waals surface area contributed by atoms with Crippen LogP contribution in [0.3, 0.4) is 0 Å². The molecule has 1 atom stereocenters. The van der Waals surface area contributed by atoms with Crippen molar-refractivity contribution in [1.82, 2.24) is 10.1 Å². The molecular formula is C7H10N2O4. The van der Waals surface area contributed by atoms with Gasteiger partial charge in [-0.2, -0.15) is 4.98 Å². The van der Waals surface area contributed by atoms with Gasteiger partial charge in [0.1, 0.15) is 6.61 Å². The van der Waals surface area contributed by atoms with Gasteiger partial charge in [0.15, 0.2) is 11.9 Å². The first-order chi connectivity index (χ1) is 6.09. The van der Waals surface area contributed by atoms with Crippen molar-refractivity contribution in [3.8, 4) is 0 Å². The summed E-state index contributed by atoms with van der Waals surface area (Å²) >= 11 is 0. The number of ether oxygens (including phenoxy) is 1. The molecule has 1 heterocycles. The zero-order valence-corrected chi connectivity index (χ0v) is 7.35. The van der Waals surface area contributed by atoms with Gasteiger partial charge < -0.3 is 14.4 Å². The van der Waals surface area contributed by atoms with E-state index < -0.39 is 12.1 Å². The van der Waals surface area contributed by atoms with E-state index in [9.17, 15) is 4.79 Å². The first-order valence-electron chi connectivity index (χ1n) is 3.73. The topological polar surface area (TPSA) is 85.5 Å². The molecule has 0 aromatic carbocycles. The fraction of sp³-hybridized carbons (Fsp3) is 0.571. The molecule has 0 saturated heterocycles. The Hall–Kier alpha value is -1.43. The molecule has 0 radical (unpaired) electrons. The van der Waals surface area contributed by atoms with Crippen LogP contribution in [0.25, 0.3) is 0 Å². The number of hydrogen-bond donors (Lipinski definition) is 1. The Bertz CT molecular complexity index is 296. The lowest BCUT2D eigenvalue weighted by Gasteiger charge is -2.04. The number of hydrogen-bond acceptors (Lipinski definition) is 5. The van der Waals surface area contributed by atoms with Crippen molar-refractivity contribution in [1.29, 1.82) is 0 Å². The lowest BCUT2D eigenvalue weighted by Crippen LogP contribution is -2.19. The first kappa shape index (κ1) is 9.66. The Balaban J connectivity index is 2.39. The van der Waals surface area contributed by atoms with Crippen LogP contribution in [0.4, 0.5) is 0 Å². The number of carboxylic acids is 1. The van der Waals surface area contributed by atoms with Crippen molar-refractivity contribution in [3.63, 3.8) is 0 Å². The summed E-state index contributed by atoms with van der Waals surface area (Å²) in [5.41, 5.74) is 0. The van der Waals surface area contributed by atoms with E-state index in [1.54, 1.807) is 6.92 Å². The molecule has 0 bridgehead atoms. The molecule has 1 aromatic rings. The number of nitrogens with zero attached hydrogens (tertiary/aromatic N) is 2. The minimum absolute atomic E-state index is 0.0221. The van der Waals surface area contributed by atoms with Crippen molar-refractivity contribution in [2.45, 2.75) is 26.6 Å². The van der Waals surface area contributed by atoms with Crippen LogP contribution in [0, 0.1) is 6.92 Å². The zero-order valence-electron chi connectivity index (χ0n) is 7.35. The number of carbonyl (C=O) groups is 1. The van der Waals surface area contributed by atoms with Gasteiger partial charge in [0.05, 0.1) is 0 Å². The third-order valence-electron chi connectivity index (χ3n) is 1.37. The molecule has 0 fully saturated rings. The van der Waals surface area contributed by atoms with E-state index in [-0.39, 0.29) is 12.5 Å². The van der Waals surface area contributed by atoms with Crippen LogP contribution in [0.2, 0.25) is 0 Å². The van der Waals surface area contributed by atoms with Crippen molar-refractivity contribution in [2.75, 3.05) is 0 Å². The second-order valence-corrected chi connectivity index (χ2v) is 2.53. The van der Waals surface area contributed by atoms with E-state index in [4.69, 9.17) is 14.4 Å². The van der Waals surface area contributed by atoms with Gasteiger partial charge >= 0.3 is 5.97 Å². The summed E-state index contributed by atoms with van der Waals surface area (Å²) in [7, 11) is 0. The van der Waals surface area contributed by atoms with E-state index >= 15 is 0 Å². The summed E-state index contributed by atoms with van der Waals surface area (Å²) in [6, 6.07) is 0. The van der Waals surface area contributed by atoms with Gasteiger partial charge in [-0.25, -0.2) is 4.79 Å². The number of carboxylic acid groups (broad SMARTS) is 1. The molecule has 1 rings (SSSR count). The minimum atomic E-state index is -1.02. The third-order valence-corrected chi connectivity index (χ3v) is 1.37. The molecule has 0 aliphatic carbocycles.